The lowest BCUT2D eigenvalue weighted by Crippen LogP contribution is -2.38. The zero-order valence-corrected chi connectivity index (χ0v) is 10.4. The molecule has 0 spiro atoms. The SMILES string of the molecule is CCOc1cc(C2(N)CCCCC2)ccc1O. The minimum Gasteiger partial charge on any atom is -0.504 e. The van der Waals surface area contributed by atoms with Crippen molar-refractivity contribution in [1.82, 2.24) is 0 Å². The molecule has 1 fully saturated rings. The van der Waals surface area contributed by atoms with Gasteiger partial charge in [-0.05, 0) is 37.5 Å². The highest BCUT2D eigenvalue weighted by molar-refractivity contribution is 5.44. The second-order valence-corrected chi connectivity index (χ2v) is 4.83. The Labute approximate surface area is 103 Å². The van der Waals surface area contributed by atoms with Crippen LogP contribution >= 0.6 is 0 Å². The van der Waals surface area contributed by atoms with Crippen molar-refractivity contribution in [2.24, 2.45) is 5.73 Å². The van der Waals surface area contributed by atoms with E-state index in [0.29, 0.717) is 12.4 Å². The highest BCUT2D eigenvalue weighted by Gasteiger charge is 2.29. The Morgan fingerprint density at radius 3 is 2.65 bits per heavy atom. The van der Waals surface area contributed by atoms with Crippen molar-refractivity contribution in [3.05, 3.63) is 23.8 Å². The fourth-order valence-corrected chi connectivity index (χ4v) is 2.57. The monoisotopic (exact) mass is 235 g/mol. The van der Waals surface area contributed by atoms with E-state index in [0.717, 1.165) is 18.4 Å². The Kier molecular flexibility index (Phi) is 3.57. The van der Waals surface area contributed by atoms with E-state index in [1.165, 1.54) is 19.3 Å². The van der Waals surface area contributed by atoms with Gasteiger partial charge in [0, 0.05) is 5.54 Å². The quantitative estimate of drug-likeness (QED) is 0.847. The van der Waals surface area contributed by atoms with Crippen molar-refractivity contribution in [1.29, 1.82) is 0 Å². The maximum absolute atomic E-state index is 9.68. The van der Waals surface area contributed by atoms with Gasteiger partial charge in [-0.2, -0.15) is 0 Å². The van der Waals surface area contributed by atoms with Gasteiger partial charge in [-0.25, -0.2) is 0 Å². The number of hydrogen-bond donors (Lipinski definition) is 2. The van der Waals surface area contributed by atoms with E-state index in [2.05, 4.69) is 0 Å². The molecule has 0 aromatic heterocycles. The van der Waals surface area contributed by atoms with Gasteiger partial charge in [0.1, 0.15) is 0 Å². The van der Waals surface area contributed by atoms with E-state index in [1.54, 1.807) is 6.07 Å². The summed E-state index contributed by atoms with van der Waals surface area (Å²) in [6, 6.07) is 5.50. The zero-order chi connectivity index (χ0) is 12.3. The summed E-state index contributed by atoms with van der Waals surface area (Å²) < 4.78 is 5.41. The van der Waals surface area contributed by atoms with Crippen molar-refractivity contribution in [3.63, 3.8) is 0 Å². The fraction of sp³-hybridized carbons (Fsp3) is 0.571. The lowest BCUT2D eigenvalue weighted by molar-refractivity contribution is 0.294. The van der Waals surface area contributed by atoms with E-state index < -0.39 is 0 Å². The van der Waals surface area contributed by atoms with Gasteiger partial charge in [0.2, 0.25) is 0 Å². The number of benzene rings is 1. The topological polar surface area (TPSA) is 55.5 Å². The summed E-state index contributed by atoms with van der Waals surface area (Å²) in [7, 11) is 0. The molecule has 1 aromatic rings. The molecule has 0 bridgehead atoms. The van der Waals surface area contributed by atoms with E-state index in [9.17, 15) is 5.11 Å². The third kappa shape index (κ3) is 2.55. The Morgan fingerprint density at radius 2 is 2.00 bits per heavy atom. The molecule has 94 valence electrons. The standard InChI is InChI=1S/C14H21NO2/c1-2-17-13-10-11(6-7-12(13)16)14(15)8-4-3-5-9-14/h6-7,10,16H,2-5,8-9,15H2,1H3. The first kappa shape index (κ1) is 12.2. The number of phenols is 1. The molecule has 1 aromatic carbocycles. The molecule has 3 nitrogen and oxygen atoms in total. The molecule has 17 heavy (non-hydrogen) atoms. The average Bonchev–Trinajstić information content (AvgIpc) is 2.33. The summed E-state index contributed by atoms with van der Waals surface area (Å²) in [5, 5.41) is 9.68. The molecule has 2 rings (SSSR count). The van der Waals surface area contributed by atoms with Crippen LogP contribution in [0.2, 0.25) is 0 Å². The van der Waals surface area contributed by atoms with Crippen LogP contribution in [0.5, 0.6) is 11.5 Å². The minimum absolute atomic E-state index is 0.190. The number of rotatable bonds is 3. The first-order chi connectivity index (χ1) is 8.15. The van der Waals surface area contributed by atoms with Crippen molar-refractivity contribution >= 4 is 0 Å². The van der Waals surface area contributed by atoms with Crippen molar-refractivity contribution in [2.45, 2.75) is 44.6 Å². The predicted molar refractivity (Wildman–Crippen MR) is 68.2 cm³/mol. The highest BCUT2D eigenvalue weighted by atomic mass is 16.5. The molecule has 0 heterocycles. The normalized spacial score (nSPS) is 18.9. The second-order valence-electron chi connectivity index (χ2n) is 4.83. The average molecular weight is 235 g/mol. The number of aromatic hydroxyl groups is 1. The minimum atomic E-state index is -0.238. The van der Waals surface area contributed by atoms with Gasteiger partial charge in [0.25, 0.3) is 0 Å². The van der Waals surface area contributed by atoms with Crippen LogP contribution in [0.1, 0.15) is 44.6 Å². The summed E-state index contributed by atoms with van der Waals surface area (Å²) in [6.07, 6.45) is 5.67. The summed E-state index contributed by atoms with van der Waals surface area (Å²) in [5.41, 5.74) is 7.30. The van der Waals surface area contributed by atoms with Gasteiger partial charge in [-0.15, -0.1) is 0 Å². The Morgan fingerprint density at radius 1 is 1.29 bits per heavy atom. The Hall–Kier alpha value is -1.22. The molecular weight excluding hydrogens is 214 g/mol. The Balaban J connectivity index is 2.28. The highest BCUT2D eigenvalue weighted by Crippen LogP contribution is 2.38. The number of nitrogens with two attached hydrogens (primary N) is 1. The lowest BCUT2D eigenvalue weighted by atomic mass is 9.77. The van der Waals surface area contributed by atoms with Gasteiger partial charge >= 0.3 is 0 Å². The largest absolute Gasteiger partial charge is 0.504 e. The predicted octanol–water partition coefficient (Wildman–Crippen LogP) is 2.91. The van der Waals surface area contributed by atoms with Crippen LogP contribution < -0.4 is 10.5 Å². The molecule has 0 saturated heterocycles. The molecular formula is C14H21NO2. The molecule has 0 radical (unpaired) electrons. The summed E-state index contributed by atoms with van der Waals surface area (Å²) >= 11 is 0. The molecule has 0 unspecified atom stereocenters. The molecule has 3 heteroatoms. The van der Waals surface area contributed by atoms with E-state index in [4.69, 9.17) is 10.5 Å². The molecule has 0 amide bonds. The van der Waals surface area contributed by atoms with E-state index in [1.807, 2.05) is 19.1 Å². The van der Waals surface area contributed by atoms with Crippen LogP contribution in [0.25, 0.3) is 0 Å². The molecule has 1 aliphatic carbocycles. The van der Waals surface area contributed by atoms with Gasteiger partial charge in [-0.3, -0.25) is 0 Å². The van der Waals surface area contributed by atoms with Crippen molar-refractivity contribution < 1.29 is 9.84 Å². The smallest absolute Gasteiger partial charge is 0.161 e. The van der Waals surface area contributed by atoms with Crippen molar-refractivity contribution in [3.8, 4) is 11.5 Å². The first-order valence-electron chi connectivity index (χ1n) is 6.41. The molecule has 0 atom stereocenters. The lowest BCUT2D eigenvalue weighted by Gasteiger charge is -2.34. The fourth-order valence-electron chi connectivity index (χ4n) is 2.57. The van der Waals surface area contributed by atoms with E-state index in [-0.39, 0.29) is 11.3 Å². The van der Waals surface area contributed by atoms with Gasteiger partial charge in [0.05, 0.1) is 6.61 Å². The molecule has 3 N–H and O–H groups in total. The molecule has 0 aliphatic heterocycles. The number of phenolic OH excluding ortho intramolecular Hbond substituents is 1. The summed E-state index contributed by atoms with van der Waals surface area (Å²) in [5.74, 6) is 0.732. The van der Waals surface area contributed by atoms with Crippen LogP contribution in [0.3, 0.4) is 0 Å². The van der Waals surface area contributed by atoms with E-state index >= 15 is 0 Å². The summed E-state index contributed by atoms with van der Waals surface area (Å²) in [6.45, 7) is 2.46. The van der Waals surface area contributed by atoms with Crippen molar-refractivity contribution in [2.75, 3.05) is 6.61 Å². The van der Waals surface area contributed by atoms with Crippen LogP contribution in [0, 0.1) is 0 Å². The Bertz CT molecular complexity index is 384. The summed E-state index contributed by atoms with van der Waals surface area (Å²) in [4.78, 5) is 0. The molecule has 1 aliphatic rings. The van der Waals surface area contributed by atoms with Gasteiger partial charge < -0.3 is 15.6 Å². The molecule has 1 saturated carbocycles. The van der Waals surface area contributed by atoms with Crippen LogP contribution in [0.4, 0.5) is 0 Å². The number of ether oxygens (including phenoxy) is 1. The third-order valence-electron chi connectivity index (χ3n) is 3.58. The van der Waals surface area contributed by atoms with Gasteiger partial charge in [-0.1, -0.05) is 25.3 Å². The second kappa shape index (κ2) is 4.96. The third-order valence-corrected chi connectivity index (χ3v) is 3.58. The first-order valence-corrected chi connectivity index (χ1v) is 6.41. The van der Waals surface area contributed by atoms with Crippen LogP contribution in [0.15, 0.2) is 18.2 Å². The van der Waals surface area contributed by atoms with Crippen LogP contribution in [-0.2, 0) is 5.54 Å². The zero-order valence-electron chi connectivity index (χ0n) is 10.4. The van der Waals surface area contributed by atoms with Gasteiger partial charge in [0.15, 0.2) is 11.5 Å². The van der Waals surface area contributed by atoms with Crippen LogP contribution in [-0.4, -0.2) is 11.7 Å². The maximum Gasteiger partial charge on any atom is 0.161 e. The maximum atomic E-state index is 9.68. The number of hydrogen-bond acceptors (Lipinski definition) is 3.